The number of thiazole rings is 1. The van der Waals surface area contributed by atoms with Crippen molar-refractivity contribution < 1.29 is 9.47 Å². The lowest BCUT2D eigenvalue weighted by atomic mass is 10.1. The van der Waals surface area contributed by atoms with Crippen LogP contribution in [-0.2, 0) is 6.61 Å². The van der Waals surface area contributed by atoms with Crippen molar-refractivity contribution in [1.29, 1.82) is 0 Å². The summed E-state index contributed by atoms with van der Waals surface area (Å²) in [5.41, 5.74) is 4.95. The average Bonchev–Trinajstić information content (AvgIpc) is 3.38. The van der Waals surface area contributed by atoms with Gasteiger partial charge in [-0.1, -0.05) is 71.0 Å². The summed E-state index contributed by atoms with van der Waals surface area (Å²) < 4.78 is 13.4. The minimum absolute atomic E-state index is 0.190. The Morgan fingerprint density at radius 1 is 0.971 bits per heavy atom. The summed E-state index contributed by atoms with van der Waals surface area (Å²) in [6.45, 7) is 4.52. The SMILES string of the molecule is COc1cc(/C=c2\sc3nc(-c4cccc(C)c4)nn3c2=O)ccc1OCc1ccc(C)cc1. The first kappa shape index (κ1) is 21.9. The van der Waals surface area contributed by atoms with E-state index >= 15 is 0 Å². The van der Waals surface area contributed by atoms with Crippen molar-refractivity contribution in [2.45, 2.75) is 20.5 Å². The second kappa shape index (κ2) is 9.11. The van der Waals surface area contributed by atoms with Crippen LogP contribution in [0.5, 0.6) is 11.5 Å². The fraction of sp³-hybridized carbons (Fsp3) is 0.148. The van der Waals surface area contributed by atoms with E-state index in [1.54, 1.807) is 7.11 Å². The Hall–Kier alpha value is -3.97. The fourth-order valence-corrected chi connectivity index (χ4v) is 4.54. The highest BCUT2D eigenvalue weighted by atomic mass is 32.1. The normalized spacial score (nSPS) is 11.8. The van der Waals surface area contributed by atoms with E-state index in [9.17, 15) is 4.79 Å². The molecule has 0 aliphatic carbocycles. The van der Waals surface area contributed by atoms with Crippen molar-refractivity contribution in [2.24, 2.45) is 0 Å². The standard InChI is InChI=1S/C27H23N3O3S/c1-17-7-9-19(10-8-17)16-33-22-12-11-20(14-23(22)32-3)15-24-26(31)30-27(34-24)28-25(29-30)21-6-4-5-18(2)13-21/h4-15H,16H2,1-3H3/b24-15-. The lowest BCUT2D eigenvalue weighted by Gasteiger charge is -2.11. The van der Waals surface area contributed by atoms with Gasteiger partial charge in [0.15, 0.2) is 17.3 Å². The first-order chi connectivity index (χ1) is 16.5. The molecule has 0 aliphatic heterocycles. The van der Waals surface area contributed by atoms with Gasteiger partial charge in [0, 0.05) is 5.56 Å². The highest BCUT2D eigenvalue weighted by Crippen LogP contribution is 2.29. The van der Waals surface area contributed by atoms with Crippen molar-refractivity contribution in [2.75, 3.05) is 7.11 Å². The zero-order valence-electron chi connectivity index (χ0n) is 19.1. The Kier molecular flexibility index (Phi) is 5.86. The van der Waals surface area contributed by atoms with Crippen molar-refractivity contribution >= 4 is 22.4 Å². The molecule has 3 aromatic carbocycles. The number of hydrogen-bond donors (Lipinski definition) is 0. The number of ether oxygens (including phenoxy) is 2. The molecule has 0 fully saturated rings. The molecule has 5 rings (SSSR count). The van der Waals surface area contributed by atoms with Gasteiger partial charge in [0.2, 0.25) is 4.96 Å². The van der Waals surface area contributed by atoms with Gasteiger partial charge < -0.3 is 9.47 Å². The Morgan fingerprint density at radius 3 is 2.53 bits per heavy atom. The van der Waals surface area contributed by atoms with Crippen LogP contribution in [0.15, 0.2) is 71.5 Å². The second-order valence-corrected chi connectivity index (χ2v) is 9.11. The molecule has 0 spiro atoms. The van der Waals surface area contributed by atoms with Gasteiger partial charge in [-0.2, -0.15) is 9.50 Å². The molecule has 7 heteroatoms. The summed E-state index contributed by atoms with van der Waals surface area (Å²) in [6.07, 6.45) is 1.82. The van der Waals surface area contributed by atoms with Gasteiger partial charge in [-0.05, 0) is 49.2 Å². The third-order valence-corrected chi connectivity index (χ3v) is 6.42. The van der Waals surface area contributed by atoms with Crippen LogP contribution < -0.4 is 19.6 Å². The number of fused-ring (bicyclic) bond motifs is 1. The van der Waals surface area contributed by atoms with E-state index in [4.69, 9.17) is 9.47 Å². The molecule has 170 valence electrons. The highest BCUT2D eigenvalue weighted by molar-refractivity contribution is 7.15. The zero-order valence-corrected chi connectivity index (χ0v) is 19.9. The molecular formula is C27H23N3O3S. The van der Waals surface area contributed by atoms with Crippen LogP contribution >= 0.6 is 11.3 Å². The van der Waals surface area contributed by atoms with Crippen LogP contribution in [-0.4, -0.2) is 21.7 Å². The molecule has 0 N–H and O–H groups in total. The number of hydrogen-bond acceptors (Lipinski definition) is 6. The molecule has 0 atom stereocenters. The molecule has 2 heterocycles. The monoisotopic (exact) mass is 469 g/mol. The van der Waals surface area contributed by atoms with Gasteiger partial charge in [0.05, 0.1) is 11.6 Å². The number of methoxy groups -OCH3 is 1. The molecular weight excluding hydrogens is 446 g/mol. The predicted octanol–water partition coefficient (Wildman–Crippen LogP) is 4.57. The maximum absolute atomic E-state index is 12.9. The molecule has 0 radical (unpaired) electrons. The summed E-state index contributed by atoms with van der Waals surface area (Å²) >= 11 is 1.31. The van der Waals surface area contributed by atoms with E-state index in [-0.39, 0.29) is 5.56 Å². The number of rotatable bonds is 6. The van der Waals surface area contributed by atoms with Crippen LogP contribution in [0.2, 0.25) is 0 Å². The van der Waals surface area contributed by atoms with Crippen molar-refractivity contribution in [3.8, 4) is 22.9 Å². The van der Waals surface area contributed by atoms with Gasteiger partial charge in [0.1, 0.15) is 6.61 Å². The lowest BCUT2D eigenvalue weighted by molar-refractivity contribution is 0.284. The minimum atomic E-state index is -0.190. The highest BCUT2D eigenvalue weighted by Gasteiger charge is 2.12. The Bertz CT molecular complexity index is 1590. The molecule has 0 unspecified atom stereocenters. The first-order valence-electron chi connectivity index (χ1n) is 10.8. The molecule has 6 nitrogen and oxygen atoms in total. The van der Waals surface area contributed by atoms with Crippen LogP contribution in [0.3, 0.4) is 0 Å². The number of aromatic nitrogens is 3. The summed E-state index contributed by atoms with van der Waals surface area (Å²) in [6, 6.07) is 21.8. The first-order valence-corrected chi connectivity index (χ1v) is 11.7. The summed E-state index contributed by atoms with van der Waals surface area (Å²) in [5, 5.41) is 4.43. The molecule has 0 aliphatic rings. The average molecular weight is 470 g/mol. The number of aryl methyl sites for hydroxylation is 2. The quantitative estimate of drug-likeness (QED) is 0.365. The summed E-state index contributed by atoms with van der Waals surface area (Å²) in [4.78, 5) is 18.1. The molecule has 5 aromatic rings. The maximum Gasteiger partial charge on any atom is 0.291 e. The van der Waals surface area contributed by atoms with Crippen LogP contribution in [0, 0.1) is 13.8 Å². The van der Waals surface area contributed by atoms with Crippen molar-refractivity contribution in [1.82, 2.24) is 14.6 Å². The summed E-state index contributed by atoms with van der Waals surface area (Å²) in [5.74, 6) is 1.80. The number of benzene rings is 3. The van der Waals surface area contributed by atoms with E-state index < -0.39 is 0 Å². The van der Waals surface area contributed by atoms with E-state index in [0.29, 0.717) is 33.4 Å². The van der Waals surface area contributed by atoms with E-state index in [2.05, 4.69) is 29.1 Å². The van der Waals surface area contributed by atoms with Gasteiger partial charge >= 0.3 is 0 Å². The molecule has 0 amide bonds. The fourth-order valence-electron chi connectivity index (χ4n) is 3.63. The molecule has 0 saturated carbocycles. The Balaban J connectivity index is 1.41. The van der Waals surface area contributed by atoms with Crippen LogP contribution in [0.1, 0.15) is 22.3 Å². The van der Waals surface area contributed by atoms with E-state index in [1.807, 2.05) is 67.6 Å². The topological polar surface area (TPSA) is 65.7 Å². The van der Waals surface area contributed by atoms with Crippen LogP contribution in [0.25, 0.3) is 22.4 Å². The maximum atomic E-state index is 12.9. The summed E-state index contributed by atoms with van der Waals surface area (Å²) in [7, 11) is 1.60. The van der Waals surface area contributed by atoms with Gasteiger partial charge in [0.25, 0.3) is 5.56 Å². The van der Waals surface area contributed by atoms with E-state index in [0.717, 1.165) is 22.3 Å². The Labute approximate surface area is 200 Å². The van der Waals surface area contributed by atoms with Crippen molar-refractivity contribution in [3.63, 3.8) is 0 Å². The molecule has 0 saturated heterocycles. The minimum Gasteiger partial charge on any atom is -0.493 e. The smallest absolute Gasteiger partial charge is 0.291 e. The molecule has 34 heavy (non-hydrogen) atoms. The van der Waals surface area contributed by atoms with Gasteiger partial charge in [-0.15, -0.1) is 5.10 Å². The Morgan fingerprint density at radius 2 is 1.79 bits per heavy atom. The predicted molar refractivity (Wildman–Crippen MR) is 135 cm³/mol. The molecule has 0 bridgehead atoms. The van der Waals surface area contributed by atoms with Crippen molar-refractivity contribution in [3.05, 3.63) is 104 Å². The number of nitrogens with zero attached hydrogens (tertiary/aromatic N) is 3. The largest absolute Gasteiger partial charge is 0.493 e. The van der Waals surface area contributed by atoms with Crippen LogP contribution in [0.4, 0.5) is 0 Å². The zero-order chi connectivity index (χ0) is 23.7. The van der Waals surface area contributed by atoms with Gasteiger partial charge in [-0.25, -0.2) is 0 Å². The lowest BCUT2D eigenvalue weighted by Crippen LogP contribution is -2.23. The third-order valence-electron chi connectivity index (χ3n) is 5.46. The van der Waals surface area contributed by atoms with Gasteiger partial charge in [-0.3, -0.25) is 4.79 Å². The second-order valence-electron chi connectivity index (χ2n) is 8.10. The van der Waals surface area contributed by atoms with E-state index in [1.165, 1.54) is 21.4 Å². The molecule has 2 aromatic heterocycles. The third kappa shape index (κ3) is 4.43.